The highest BCUT2D eigenvalue weighted by Gasteiger charge is 2.17. The van der Waals surface area contributed by atoms with Crippen molar-refractivity contribution in [2.45, 2.75) is 258 Å². The second-order valence-electron chi connectivity index (χ2n) is 17.0. The molecule has 0 aliphatic heterocycles. The fraction of sp³-hybridized carbons (Fsp3) is 0.782. The molecule has 0 radical (unpaired) electrons. The highest BCUT2D eigenvalue weighted by atomic mass is 16.6. The largest absolute Gasteiger partial charge is 0.462 e. The van der Waals surface area contributed by atoms with Gasteiger partial charge in [-0.15, -0.1) is 0 Å². The Kier molecular flexibility index (Phi) is 48.9. The maximum atomic E-state index is 12.8. The number of ether oxygens (including phenoxy) is 3. The van der Waals surface area contributed by atoms with E-state index in [0.717, 1.165) is 83.5 Å². The van der Waals surface area contributed by atoms with Crippen LogP contribution in [0.1, 0.15) is 252 Å². The van der Waals surface area contributed by atoms with E-state index in [1.807, 2.05) is 0 Å². The third-order valence-corrected chi connectivity index (χ3v) is 11.0. The summed E-state index contributed by atoms with van der Waals surface area (Å²) in [5, 5.41) is 0. The molecule has 0 aliphatic rings. The molecule has 0 fully saturated rings. The molecule has 0 aromatic rings. The zero-order valence-electron chi connectivity index (χ0n) is 40.0. The van der Waals surface area contributed by atoms with E-state index in [1.165, 1.54) is 135 Å². The number of unbranched alkanes of at least 4 members (excludes halogenated alkanes) is 26. The van der Waals surface area contributed by atoms with E-state index >= 15 is 0 Å². The van der Waals surface area contributed by atoms with Crippen LogP contribution in [0.4, 0.5) is 0 Å². The summed E-state index contributed by atoms with van der Waals surface area (Å²) in [5.41, 5.74) is 0. The van der Waals surface area contributed by atoms with Crippen molar-refractivity contribution in [3.8, 4) is 0 Å². The molecule has 0 heterocycles. The first kappa shape index (κ1) is 57.6. The predicted octanol–water partition coefficient (Wildman–Crippen LogP) is 17.3. The van der Waals surface area contributed by atoms with Crippen molar-refractivity contribution < 1.29 is 23.8 Å². The van der Waals surface area contributed by atoms with E-state index in [9.17, 15) is 9.59 Å². The first-order chi connectivity index (χ1) is 29.6. The highest BCUT2D eigenvalue weighted by molar-refractivity contribution is 5.70. The molecule has 0 N–H and O–H groups in total. The molecule has 0 saturated carbocycles. The summed E-state index contributed by atoms with van der Waals surface area (Å²) >= 11 is 0. The number of carbonyl (C=O) groups excluding carboxylic acids is 2. The smallest absolute Gasteiger partial charge is 0.306 e. The van der Waals surface area contributed by atoms with Crippen molar-refractivity contribution in [2.24, 2.45) is 0 Å². The minimum atomic E-state index is -0.555. The standard InChI is InChI=1S/C55H98O5/c1-4-7-10-13-16-19-22-25-27-29-32-35-38-41-44-47-50-58-51-53(60-55(57)49-46-43-40-37-34-30-24-21-18-15-12-9-6-3)52-59-54(56)48-45-42-39-36-33-31-28-26-23-20-17-14-11-8-5-2/h8,11,17,20-21,24,26,28,33,36,53H,4-7,9-10,12-16,18-19,22-23,25,27,29-32,34-35,37-52H2,1-3H3/b11-8-,20-17-,24-21-,28-26-,36-33-. The molecule has 5 nitrogen and oxygen atoms in total. The van der Waals surface area contributed by atoms with Crippen LogP contribution in [0.15, 0.2) is 60.8 Å². The van der Waals surface area contributed by atoms with Gasteiger partial charge in [0, 0.05) is 19.4 Å². The van der Waals surface area contributed by atoms with Crippen LogP contribution >= 0.6 is 0 Å². The highest BCUT2D eigenvalue weighted by Crippen LogP contribution is 2.15. The van der Waals surface area contributed by atoms with Crippen LogP contribution in [-0.2, 0) is 23.8 Å². The topological polar surface area (TPSA) is 61.8 Å². The Bertz CT molecular complexity index is 1040. The first-order valence-corrected chi connectivity index (χ1v) is 25.8. The van der Waals surface area contributed by atoms with E-state index in [2.05, 4.69) is 81.5 Å². The van der Waals surface area contributed by atoms with Crippen molar-refractivity contribution in [3.63, 3.8) is 0 Å². The lowest BCUT2D eigenvalue weighted by Gasteiger charge is -2.18. The zero-order chi connectivity index (χ0) is 43.5. The Labute approximate surface area is 373 Å². The Morgan fingerprint density at radius 2 is 0.750 bits per heavy atom. The molecule has 0 saturated heterocycles. The Balaban J connectivity index is 4.31. The van der Waals surface area contributed by atoms with Gasteiger partial charge in [-0.25, -0.2) is 0 Å². The molecule has 348 valence electrons. The van der Waals surface area contributed by atoms with Gasteiger partial charge in [-0.3, -0.25) is 9.59 Å². The summed E-state index contributed by atoms with van der Waals surface area (Å²) < 4.78 is 17.4. The average Bonchev–Trinajstić information content (AvgIpc) is 3.25. The van der Waals surface area contributed by atoms with Gasteiger partial charge in [0.1, 0.15) is 6.61 Å². The van der Waals surface area contributed by atoms with Crippen molar-refractivity contribution in [2.75, 3.05) is 19.8 Å². The summed E-state index contributed by atoms with van der Waals surface area (Å²) in [5.74, 6) is -0.448. The summed E-state index contributed by atoms with van der Waals surface area (Å²) in [6, 6.07) is 0. The van der Waals surface area contributed by atoms with Gasteiger partial charge >= 0.3 is 11.9 Å². The van der Waals surface area contributed by atoms with Crippen molar-refractivity contribution >= 4 is 11.9 Å². The van der Waals surface area contributed by atoms with Crippen molar-refractivity contribution in [3.05, 3.63) is 60.8 Å². The summed E-state index contributed by atoms with van der Waals surface area (Å²) in [6.07, 6.45) is 63.7. The van der Waals surface area contributed by atoms with Crippen molar-refractivity contribution in [1.29, 1.82) is 0 Å². The second kappa shape index (κ2) is 51.0. The molecule has 0 aromatic heterocycles. The van der Waals surface area contributed by atoms with Gasteiger partial charge in [-0.2, -0.15) is 0 Å². The molecule has 60 heavy (non-hydrogen) atoms. The molecule has 0 amide bonds. The Hall–Kier alpha value is -2.40. The van der Waals surface area contributed by atoms with Crippen LogP contribution in [-0.4, -0.2) is 37.9 Å². The fourth-order valence-electron chi connectivity index (χ4n) is 7.20. The summed E-state index contributed by atoms with van der Waals surface area (Å²) in [4.78, 5) is 25.4. The van der Waals surface area contributed by atoms with Gasteiger partial charge in [0.05, 0.1) is 6.61 Å². The summed E-state index contributed by atoms with van der Waals surface area (Å²) in [6.45, 7) is 7.67. The van der Waals surface area contributed by atoms with Gasteiger partial charge in [0.2, 0.25) is 0 Å². The SMILES string of the molecule is CC/C=C\C/C=C\C/C=C\C/C=C\CCCCC(=O)OCC(COCCCCCCCCCCCCCCCCCC)OC(=O)CCCCCCC/C=C\CCCCCC. The van der Waals surface area contributed by atoms with Crippen LogP contribution in [0, 0.1) is 0 Å². The van der Waals surface area contributed by atoms with Gasteiger partial charge in [-0.05, 0) is 83.5 Å². The number of rotatable bonds is 47. The third-order valence-electron chi connectivity index (χ3n) is 11.0. The van der Waals surface area contributed by atoms with Crippen LogP contribution in [0.3, 0.4) is 0 Å². The lowest BCUT2D eigenvalue weighted by molar-refractivity contribution is -0.163. The van der Waals surface area contributed by atoms with Gasteiger partial charge in [0.15, 0.2) is 6.10 Å². The minimum Gasteiger partial charge on any atom is -0.462 e. The molecule has 0 spiro atoms. The lowest BCUT2D eigenvalue weighted by atomic mass is 10.0. The molecule has 0 aliphatic carbocycles. The number of hydrogen-bond acceptors (Lipinski definition) is 5. The molecule has 0 rings (SSSR count). The molecule has 1 unspecified atom stereocenters. The predicted molar refractivity (Wildman–Crippen MR) is 261 cm³/mol. The molecule has 0 bridgehead atoms. The molecular formula is C55H98O5. The van der Waals surface area contributed by atoms with Gasteiger partial charge < -0.3 is 14.2 Å². The van der Waals surface area contributed by atoms with E-state index < -0.39 is 6.10 Å². The number of esters is 2. The van der Waals surface area contributed by atoms with Crippen molar-refractivity contribution in [1.82, 2.24) is 0 Å². The van der Waals surface area contributed by atoms with E-state index in [4.69, 9.17) is 14.2 Å². The Morgan fingerprint density at radius 3 is 1.27 bits per heavy atom. The van der Waals surface area contributed by atoms with Crippen LogP contribution in [0.2, 0.25) is 0 Å². The molecular weight excluding hydrogens is 741 g/mol. The number of hydrogen-bond donors (Lipinski definition) is 0. The normalized spacial score (nSPS) is 12.7. The fourth-order valence-corrected chi connectivity index (χ4v) is 7.20. The first-order valence-electron chi connectivity index (χ1n) is 25.8. The molecule has 5 heteroatoms. The minimum absolute atomic E-state index is 0.0620. The van der Waals surface area contributed by atoms with E-state index in [1.54, 1.807) is 0 Å². The second-order valence-corrected chi connectivity index (χ2v) is 17.0. The monoisotopic (exact) mass is 839 g/mol. The van der Waals surface area contributed by atoms with Crippen LogP contribution < -0.4 is 0 Å². The van der Waals surface area contributed by atoms with Crippen LogP contribution in [0.25, 0.3) is 0 Å². The number of allylic oxidation sites excluding steroid dienone is 10. The third kappa shape index (κ3) is 48.3. The number of carbonyl (C=O) groups is 2. The quantitative estimate of drug-likeness (QED) is 0.0347. The molecule has 0 aromatic carbocycles. The molecule has 1 atom stereocenters. The van der Waals surface area contributed by atoms with E-state index in [-0.39, 0.29) is 25.2 Å². The van der Waals surface area contributed by atoms with E-state index in [0.29, 0.717) is 19.4 Å². The maximum Gasteiger partial charge on any atom is 0.306 e. The average molecular weight is 839 g/mol. The van der Waals surface area contributed by atoms with Gasteiger partial charge in [0.25, 0.3) is 0 Å². The Morgan fingerprint density at radius 1 is 0.383 bits per heavy atom. The van der Waals surface area contributed by atoms with Crippen LogP contribution in [0.5, 0.6) is 0 Å². The summed E-state index contributed by atoms with van der Waals surface area (Å²) in [7, 11) is 0. The zero-order valence-corrected chi connectivity index (χ0v) is 40.0. The lowest BCUT2D eigenvalue weighted by Crippen LogP contribution is -2.30. The maximum absolute atomic E-state index is 12.8. The van der Waals surface area contributed by atoms with Gasteiger partial charge in [-0.1, -0.05) is 216 Å².